The molecule has 0 amide bonds. The van der Waals surface area contributed by atoms with Crippen molar-refractivity contribution in [3.63, 3.8) is 0 Å². The molecule has 0 spiro atoms. The van der Waals surface area contributed by atoms with Gasteiger partial charge >= 0.3 is 17.9 Å². The monoisotopic (exact) mass is 905 g/mol. The molecule has 0 fully saturated rings. The molecule has 0 saturated carbocycles. The first-order chi connectivity index (χ1) is 31.3. The summed E-state index contributed by atoms with van der Waals surface area (Å²) in [5.74, 6) is 0.915. The number of hydrogen-bond donors (Lipinski definition) is 0. The molecular formula is C58H112O6. The fraction of sp³-hybridized carbons (Fsp3) is 0.948. The van der Waals surface area contributed by atoms with Gasteiger partial charge in [-0.3, -0.25) is 14.4 Å². The average molecular weight is 906 g/mol. The normalized spacial score (nSPS) is 12.9. The minimum absolute atomic E-state index is 0.0631. The summed E-state index contributed by atoms with van der Waals surface area (Å²) >= 11 is 0. The average Bonchev–Trinajstić information content (AvgIpc) is 3.29. The second kappa shape index (κ2) is 50.8. The Bertz CT molecular complexity index is 982. The Hall–Kier alpha value is -1.59. The van der Waals surface area contributed by atoms with Crippen molar-refractivity contribution < 1.29 is 28.6 Å². The zero-order valence-corrected chi connectivity index (χ0v) is 43.9. The van der Waals surface area contributed by atoms with Crippen LogP contribution in [0.2, 0.25) is 0 Å². The lowest BCUT2D eigenvalue weighted by Crippen LogP contribution is -2.30. The second-order valence-electron chi connectivity index (χ2n) is 20.4. The largest absolute Gasteiger partial charge is 0.462 e. The topological polar surface area (TPSA) is 78.9 Å². The number of esters is 3. The lowest BCUT2D eigenvalue weighted by atomic mass is 9.99. The molecule has 0 aromatic heterocycles. The summed E-state index contributed by atoms with van der Waals surface area (Å²) in [5, 5.41) is 0. The van der Waals surface area contributed by atoms with Gasteiger partial charge in [0.1, 0.15) is 13.2 Å². The van der Waals surface area contributed by atoms with Crippen molar-refractivity contribution in [2.24, 2.45) is 11.8 Å². The number of carbonyl (C=O) groups is 3. The molecular weight excluding hydrogens is 793 g/mol. The Morgan fingerprint density at radius 2 is 0.547 bits per heavy atom. The third-order valence-electron chi connectivity index (χ3n) is 13.9. The lowest BCUT2D eigenvalue weighted by molar-refractivity contribution is -0.167. The van der Waals surface area contributed by atoms with E-state index in [1.807, 2.05) is 0 Å². The molecule has 6 heteroatoms. The van der Waals surface area contributed by atoms with Gasteiger partial charge in [0.15, 0.2) is 6.10 Å². The SMILES string of the molecule is CCCCCCCCCCCCCCC(=O)O[C@H](COC(=O)CCCCCCCCCCCCCCCCCCCCC(C)CC)COC(=O)CCCCCCCCCCC(C)CC. The quantitative estimate of drug-likeness (QED) is 0.0344. The van der Waals surface area contributed by atoms with E-state index >= 15 is 0 Å². The van der Waals surface area contributed by atoms with E-state index < -0.39 is 6.10 Å². The van der Waals surface area contributed by atoms with Crippen LogP contribution in [0.4, 0.5) is 0 Å². The van der Waals surface area contributed by atoms with E-state index in [4.69, 9.17) is 14.2 Å². The van der Waals surface area contributed by atoms with Gasteiger partial charge < -0.3 is 14.2 Å². The smallest absolute Gasteiger partial charge is 0.306 e. The molecule has 0 N–H and O–H groups in total. The van der Waals surface area contributed by atoms with Gasteiger partial charge in [0.2, 0.25) is 0 Å². The summed E-state index contributed by atoms with van der Waals surface area (Å²) < 4.78 is 16.9. The maximum absolute atomic E-state index is 12.8. The molecule has 0 aliphatic carbocycles. The van der Waals surface area contributed by atoms with Crippen LogP contribution in [-0.2, 0) is 28.6 Å². The molecule has 0 heterocycles. The van der Waals surface area contributed by atoms with Gasteiger partial charge in [-0.2, -0.15) is 0 Å². The highest BCUT2D eigenvalue weighted by molar-refractivity contribution is 5.71. The van der Waals surface area contributed by atoms with Crippen LogP contribution in [-0.4, -0.2) is 37.2 Å². The molecule has 0 aromatic carbocycles. The van der Waals surface area contributed by atoms with Crippen LogP contribution in [0.3, 0.4) is 0 Å². The molecule has 380 valence electrons. The van der Waals surface area contributed by atoms with Gasteiger partial charge in [-0.05, 0) is 31.1 Å². The lowest BCUT2D eigenvalue weighted by Gasteiger charge is -2.18. The fourth-order valence-corrected chi connectivity index (χ4v) is 8.81. The summed E-state index contributed by atoms with van der Waals surface area (Å²) in [5.41, 5.74) is 0. The standard InChI is InChI=1S/C58H112O6/c1-6-9-10-11-12-13-14-24-28-35-40-45-50-58(61)64-55(52-63-57(60)49-44-39-34-30-29-32-37-42-47-54(5)8-3)51-62-56(59)48-43-38-33-27-25-22-20-18-16-15-17-19-21-23-26-31-36-41-46-53(4)7-2/h53-55H,6-52H2,1-5H3/t53?,54?,55-/m1/s1. The van der Waals surface area contributed by atoms with E-state index in [0.29, 0.717) is 19.3 Å². The predicted molar refractivity (Wildman–Crippen MR) is 275 cm³/mol. The van der Waals surface area contributed by atoms with Crippen molar-refractivity contribution in [1.29, 1.82) is 0 Å². The highest BCUT2D eigenvalue weighted by Crippen LogP contribution is 2.19. The van der Waals surface area contributed by atoms with E-state index in [2.05, 4.69) is 34.6 Å². The molecule has 0 aromatic rings. The van der Waals surface area contributed by atoms with Crippen molar-refractivity contribution in [3.05, 3.63) is 0 Å². The van der Waals surface area contributed by atoms with Crippen LogP contribution in [0.25, 0.3) is 0 Å². The van der Waals surface area contributed by atoms with Crippen LogP contribution in [0.15, 0.2) is 0 Å². The van der Waals surface area contributed by atoms with Crippen LogP contribution in [0.5, 0.6) is 0 Å². The van der Waals surface area contributed by atoms with Crippen LogP contribution >= 0.6 is 0 Å². The minimum atomic E-state index is -0.762. The van der Waals surface area contributed by atoms with E-state index in [0.717, 1.165) is 69.6 Å². The first kappa shape index (κ1) is 62.4. The summed E-state index contributed by atoms with van der Waals surface area (Å²) in [7, 11) is 0. The molecule has 0 radical (unpaired) electrons. The first-order valence-corrected chi connectivity index (χ1v) is 28.8. The van der Waals surface area contributed by atoms with Crippen molar-refractivity contribution in [2.45, 2.75) is 330 Å². The molecule has 2 unspecified atom stereocenters. The maximum atomic E-state index is 12.8. The minimum Gasteiger partial charge on any atom is -0.462 e. The molecule has 0 bridgehead atoms. The number of carbonyl (C=O) groups excluding carboxylic acids is 3. The fourth-order valence-electron chi connectivity index (χ4n) is 8.81. The van der Waals surface area contributed by atoms with Crippen molar-refractivity contribution in [2.75, 3.05) is 13.2 Å². The van der Waals surface area contributed by atoms with Crippen LogP contribution < -0.4 is 0 Å². The van der Waals surface area contributed by atoms with Crippen molar-refractivity contribution in [1.82, 2.24) is 0 Å². The molecule has 64 heavy (non-hydrogen) atoms. The Balaban J connectivity index is 4.20. The Morgan fingerprint density at radius 3 is 0.812 bits per heavy atom. The van der Waals surface area contributed by atoms with Gasteiger partial charge in [-0.25, -0.2) is 0 Å². The van der Waals surface area contributed by atoms with Crippen molar-refractivity contribution in [3.8, 4) is 0 Å². The highest BCUT2D eigenvalue weighted by Gasteiger charge is 2.19. The van der Waals surface area contributed by atoms with Gasteiger partial charge in [-0.15, -0.1) is 0 Å². The molecule has 0 saturated heterocycles. The van der Waals surface area contributed by atoms with E-state index in [9.17, 15) is 14.4 Å². The van der Waals surface area contributed by atoms with Crippen molar-refractivity contribution >= 4 is 17.9 Å². The highest BCUT2D eigenvalue weighted by atomic mass is 16.6. The summed E-state index contributed by atoms with van der Waals surface area (Å²) in [4.78, 5) is 38.0. The number of unbranched alkanes of at least 4 members (excludes halogenated alkanes) is 35. The van der Waals surface area contributed by atoms with Gasteiger partial charge in [-0.1, -0.05) is 285 Å². The third-order valence-corrected chi connectivity index (χ3v) is 13.9. The van der Waals surface area contributed by atoms with Crippen LogP contribution in [0, 0.1) is 11.8 Å². The molecule has 6 nitrogen and oxygen atoms in total. The summed E-state index contributed by atoms with van der Waals surface area (Å²) in [6.07, 6.45) is 53.7. The predicted octanol–water partition coefficient (Wildman–Crippen LogP) is 18.9. The zero-order chi connectivity index (χ0) is 46.8. The maximum Gasteiger partial charge on any atom is 0.306 e. The number of rotatable bonds is 52. The summed E-state index contributed by atoms with van der Waals surface area (Å²) in [6.45, 7) is 11.4. The zero-order valence-electron chi connectivity index (χ0n) is 43.9. The Labute approximate surface area is 399 Å². The summed E-state index contributed by atoms with van der Waals surface area (Å²) in [6, 6.07) is 0. The number of hydrogen-bond acceptors (Lipinski definition) is 6. The third kappa shape index (κ3) is 48.3. The van der Waals surface area contributed by atoms with E-state index in [1.54, 1.807) is 0 Å². The molecule has 0 aliphatic heterocycles. The van der Waals surface area contributed by atoms with Gasteiger partial charge in [0.05, 0.1) is 0 Å². The Kier molecular flexibility index (Phi) is 49.6. The van der Waals surface area contributed by atoms with Gasteiger partial charge in [0, 0.05) is 19.3 Å². The molecule has 3 atom stereocenters. The van der Waals surface area contributed by atoms with E-state index in [1.165, 1.54) is 212 Å². The molecule has 0 rings (SSSR count). The first-order valence-electron chi connectivity index (χ1n) is 28.8. The second-order valence-corrected chi connectivity index (χ2v) is 20.4. The Morgan fingerprint density at radius 1 is 0.312 bits per heavy atom. The van der Waals surface area contributed by atoms with E-state index in [-0.39, 0.29) is 31.1 Å². The molecule has 0 aliphatic rings. The van der Waals surface area contributed by atoms with Crippen LogP contribution in [0.1, 0.15) is 324 Å². The van der Waals surface area contributed by atoms with Gasteiger partial charge in [0.25, 0.3) is 0 Å². The number of ether oxygens (including phenoxy) is 3.